The van der Waals surface area contributed by atoms with Crippen LogP contribution in [0.15, 0.2) is 33.3 Å². The fourth-order valence-electron chi connectivity index (χ4n) is 3.62. The summed E-state index contributed by atoms with van der Waals surface area (Å²) < 4.78 is 56.4. The van der Waals surface area contributed by atoms with Gasteiger partial charge in [0.05, 0.1) is 30.9 Å². The van der Waals surface area contributed by atoms with Crippen LogP contribution in [0.4, 0.5) is 19.1 Å². The second-order valence-corrected chi connectivity index (χ2v) is 7.45. The minimum atomic E-state index is -4.56. The zero-order chi connectivity index (χ0) is 21.7. The van der Waals surface area contributed by atoms with Crippen molar-refractivity contribution >= 4 is 11.8 Å². The zero-order valence-corrected chi connectivity index (χ0v) is 20.1. The quantitative estimate of drug-likeness (QED) is 0.363. The number of furan rings is 2. The molecule has 6 nitrogen and oxygen atoms in total. The first kappa shape index (κ1) is 26.1. The monoisotopic (exact) mass is 517 g/mol. The van der Waals surface area contributed by atoms with Crippen molar-refractivity contribution < 1.29 is 69.4 Å². The maximum Gasteiger partial charge on any atom is 0.394 e. The molecule has 10 heteroatoms. The van der Waals surface area contributed by atoms with Gasteiger partial charge in [0, 0.05) is 57.4 Å². The Balaban J connectivity index is 0.00000341. The molecule has 0 aliphatic carbocycles. The van der Waals surface area contributed by atoms with E-state index in [9.17, 15) is 23.1 Å². The van der Waals surface area contributed by atoms with Gasteiger partial charge in [-0.3, -0.25) is 9.69 Å². The van der Waals surface area contributed by atoms with E-state index in [0.717, 1.165) is 24.2 Å². The van der Waals surface area contributed by atoms with Crippen LogP contribution in [-0.2, 0) is 48.8 Å². The van der Waals surface area contributed by atoms with Gasteiger partial charge < -0.3 is 18.7 Å². The predicted octanol–water partition coefficient (Wildman–Crippen LogP) is 4.78. The number of carbonyl (C=O) groups is 1. The van der Waals surface area contributed by atoms with Gasteiger partial charge in [0.25, 0.3) is 0 Å². The molecular formula is C21H25F3NO5Y-. The van der Waals surface area contributed by atoms with Crippen molar-refractivity contribution in [2.24, 2.45) is 5.92 Å². The first-order chi connectivity index (χ1) is 14.3. The number of alkyl halides is 3. The first-order valence-corrected chi connectivity index (χ1v) is 9.99. The molecule has 2 aromatic heterocycles. The summed E-state index contributed by atoms with van der Waals surface area (Å²) in [6, 6.07) is 3.28. The Bertz CT molecular complexity index is 808. The molecule has 169 valence electrons. The summed E-state index contributed by atoms with van der Waals surface area (Å²) in [4.78, 5) is 13.4. The number of rotatable bonds is 10. The van der Waals surface area contributed by atoms with Crippen LogP contribution < -0.4 is 4.90 Å². The average molecular weight is 517 g/mol. The molecule has 1 radical (unpaired) electrons. The molecule has 3 atom stereocenters. The van der Waals surface area contributed by atoms with E-state index in [1.165, 1.54) is 18.4 Å². The number of amides is 1. The molecule has 1 aliphatic rings. The van der Waals surface area contributed by atoms with Crippen LogP contribution in [0, 0.1) is 12.2 Å². The Morgan fingerprint density at radius 2 is 2.16 bits per heavy atom. The molecule has 3 unspecified atom stereocenters. The van der Waals surface area contributed by atoms with Crippen molar-refractivity contribution in [2.75, 3.05) is 11.5 Å². The summed E-state index contributed by atoms with van der Waals surface area (Å²) in [6.07, 6.45) is 1.02. The van der Waals surface area contributed by atoms with Gasteiger partial charge in [-0.05, 0) is 18.4 Å². The Morgan fingerprint density at radius 1 is 1.39 bits per heavy atom. The summed E-state index contributed by atoms with van der Waals surface area (Å²) in [5.74, 6) is -2.17. The summed E-state index contributed by atoms with van der Waals surface area (Å²) in [6.45, 7) is 1.67. The fraction of sp³-hybridized carbons (Fsp3) is 0.571. The SMILES string of the molecule is CCCCCC(O)c1coc(N2C(=O)CC(C(F)(F)F)C2COCc2cc[c-]o2)c1.[Y]. The van der Waals surface area contributed by atoms with Gasteiger partial charge >= 0.3 is 6.18 Å². The van der Waals surface area contributed by atoms with E-state index in [0.29, 0.717) is 17.7 Å². The number of ether oxygens (including phenoxy) is 1. The van der Waals surface area contributed by atoms with E-state index >= 15 is 0 Å². The zero-order valence-electron chi connectivity index (χ0n) is 17.2. The van der Waals surface area contributed by atoms with E-state index < -0.39 is 36.6 Å². The van der Waals surface area contributed by atoms with Crippen LogP contribution in [0.1, 0.15) is 56.5 Å². The fourth-order valence-corrected chi connectivity index (χ4v) is 3.62. The van der Waals surface area contributed by atoms with E-state index in [2.05, 4.69) is 6.26 Å². The minimum absolute atomic E-state index is 0. The van der Waals surface area contributed by atoms with E-state index in [1.54, 1.807) is 6.07 Å². The van der Waals surface area contributed by atoms with Crippen molar-refractivity contribution in [3.05, 3.63) is 42.0 Å². The average Bonchev–Trinajstić information content (AvgIpc) is 3.41. The molecule has 0 aromatic carbocycles. The third-order valence-electron chi connectivity index (χ3n) is 5.25. The van der Waals surface area contributed by atoms with Gasteiger partial charge in [-0.15, -0.1) is 6.07 Å². The minimum Gasteiger partial charge on any atom is -0.593 e. The van der Waals surface area contributed by atoms with Crippen LogP contribution >= 0.6 is 0 Å². The second-order valence-electron chi connectivity index (χ2n) is 7.45. The summed E-state index contributed by atoms with van der Waals surface area (Å²) >= 11 is 0. The molecule has 3 rings (SSSR count). The Kier molecular flexibility index (Phi) is 9.79. The van der Waals surface area contributed by atoms with Crippen molar-refractivity contribution in [3.63, 3.8) is 0 Å². The maximum absolute atomic E-state index is 13.6. The van der Waals surface area contributed by atoms with Gasteiger partial charge in [-0.2, -0.15) is 19.2 Å². The maximum atomic E-state index is 13.6. The molecule has 31 heavy (non-hydrogen) atoms. The van der Waals surface area contributed by atoms with E-state index in [1.807, 2.05) is 6.92 Å². The van der Waals surface area contributed by atoms with Crippen LogP contribution in [0.3, 0.4) is 0 Å². The molecule has 1 N–H and O–H groups in total. The number of hydrogen-bond acceptors (Lipinski definition) is 5. The topological polar surface area (TPSA) is 76.1 Å². The molecule has 0 saturated carbocycles. The van der Waals surface area contributed by atoms with Crippen molar-refractivity contribution in [1.82, 2.24) is 0 Å². The number of aliphatic hydroxyl groups is 1. The van der Waals surface area contributed by atoms with Gasteiger partial charge in [-0.25, -0.2) is 0 Å². The molecule has 1 amide bonds. The van der Waals surface area contributed by atoms with Gasteiger partial charge in [0.2, 0.25) is 11.8 Å². The summed E-state index contributed by atoms with van der Waals surface area (Å²) in [7, 11) is 0. The molecule has 1 fully saturated rings. The number of halogens is 3. The molecule has 2 aromatic rings. The molecule has 3 heterocycles. The Labute approximate surface area is 204 Å². The number of hydrogen-bond donors (Lipinski definition) is 1. The number of carbonyl (C=O) groups excluding carboxylic acids is 1. The largest absolute Gasteiger partial charge is 0.593 e. The second kappa shape index (κ2) is 11.6. The number of anilines is 1. The van der Waals surface area contributed by atoms with Gasteiger partial charge in [0.1, 0.15) is 0 Å². The van der Waals surface area contributed by atoms with Gasteiger partial charge in [0.15, 0.2) is 0 Å². The molecule has 0 spiro atoms. The summed E-state index contributed by atoms with van der Waals surface area (Å²) in [5, 5.41) is 10.3. The van der Waals surface area contributed by atoms with Crippen LogP contribution in [0.25, 0.3) is 0 Å². The van der Waals surface area contributed by atoms with Crippen molar-refractivity contribution in [1.29, 1.82) is 0 Å². The van der Waals surface area contributed by atoms with E-state index in [-0.39, 0.29) is 51.8 Å². The van der Waals surface area contributed by atoms with E-state index in [4.69, 9.17) is 13.6 Å². The molecule has 1 aliphatic heterocycles. The Morgan fingerprint density at radius 3 is 2.81 bits per heavy atom. The predicted molar refractivity (Wildman–Crippen MR) is 100 cm³/mol. The molecule has 0 bridgehead atoms. The number of nitrogens with zero attached hydrogens (tertiary/aromatic N) is 1. The summed E-state index contributed by atoms with van der Waals surface area (Å²) in [5.41, 5.74) is 0.440. The number of unbranched alkanes of at least 4 members (excludes halogenated alkanes) is 2. The third-order valence-corrected chi connectivity index (χ3v) is 5.25. The first-order valence-electron chi connectivity index (χ1n) is 9.99. The normalized spacial score (nSPS) is 20.2. The van der Waals surface area contributed by atoms with Crippen molar-refractivity contribution in [3.8, 4) is 0 Å². The molecule has 1 saturated heterocycles. The third kappa shape index (κ3) is 6.66. The van der Waals surface area contributed by atoms with Crippen LogP contribution in [0.5, 0.6) is 0 Å². The standard InChI is InChI=1S/C21H25F3NO5.Y/c1-2-3-4-7-18(26)14-9-20(30-11-14)25-17(13-28-12-15-6-5-8-29-15)16(10-19(25)27)21(22,23)24;/h5-6,9,11,16-18,26H,2-4,7,10,12-13H2,1H3;/q-1;. The van der Waals surface area contributed by atoms with Crippen LogP contribution in [0.2, 0.25) is 0 Å². The number of aliphatic hydroxyl groups excluding tert-OH is 1. The van der Waals surface area contributed by atoms with Crippen LogP contribution in [-0.4, -0.2) is 29.8 Å². The molecular weight excluding hydrogens is 492 g/mol. The van der Waals surface area contributed by atoms with Gasteiger partial charge in [-0.1, -0.05) is 26.2 Å². The Hall–Kier alpha value is -1.16. The smallest absolute Gasteiger partial charge is 0.394 e. The van der Waals surface area contributed by atoms with Crippen molar-refractivity contribution in [2.45, 2.75) is 64.0 Å².